The van der Waals surface area contributed by atoms with Crippen LogP contribution in [0, 0.1) is 0 Å². The summed E-state index contributed by atoms with van der Waals surface area (Å²) < 4.78 is 6.68. The van der Waals surface area contributed by atoms with Crippen LogP contribution >= 0.6 is 15.9 Å². The highest BCUT2D eigenvalue weighted by molar-refractivity contribution is 9.10. The molecular weight excluding hydrogens is 308 g/mol. The molecule has 1 aromatic rings. The molecule has 1 unspecified atom stereocenters. The van der Waals surface area contributed by atoms with Crippen LogP contribution in [0.5, 0.6) is 5.75 Å². The number of nitrogens with zero attached hydrogens (tertiary/aromatic N) is 1. The van der Waals surface area contributed by atoms with Crippen molar-refractivity contribution >= 4 is 21.8 Å². The van der Waals surface area contributed by atoms with Crippen molar-refractivity contribution in [2.75, 3.05) is 20.7 Å². The molecule has 1 aromatic carbocycles. The molecular formula is C14H21BrN2O2. The predicted molar refractivity (Wildman–Crippen MR) is 80.2 cm³/mol. The number of nitrogens with two attached hydrogens (primary N) is 1. The van der Waals surface area contributed by atoms with Gasteiger partial charge in [-0.25, -0.2) is 0 Å². The molecule has 0 aliphatic carbocycles. The highest BCUT2D eigenvalue weighted by Gasteiger charge is 2.09. The van der Waals surface area contributed by atoms with E-state index in [1.165, 1.54) is 0 Å². The van der Waals surface area contributed by atoms with Crippen LogP contribution in [0.1, 0.15) is 31.4 Å². The van der Waals surface area contributed by atoms with Gasteiger partial charge in [-0.1, -0.05) is 22.0 Å². The van der Waals surface area contributed by atoms with E-state index < -0.39 is 0 Å². The molecule has 5 heteroatoms. The third-order valence-corrected chi connectivity index (χ3v) is 3.25. The minimum absolute atomic E-state index is 0.0773. The molecule has 4 nitrogen and oxygen atoms in total. The number of hydrogen-bond acceptors (Lipinski definition) is 3. The Kier molecular flexibility index (Phi) is 6.31. The highest BCUT2D eigenvalue weighted by atomic mass is 79.9. The van der Waals surface area contributed by atoms with Crippen molar-refractivity contribution < 1.29 is 9.53 Å². The van der Waals surface area contributed by atoms with Gasteiger partial charge in [-0.3, -0.25) is 4.79 Å². The fraction of sp³-hybridized carbons (Fsp3) is 0.500. The first-order valence-corrected chi connectivity index (χ1v) is 7.09. The number of carbonyl (C=O) groups is 1. The van der Waals surface area contributed by atoms with Crippen molar-refractivity contribution in [3.8, 4) is 5.75 Å². The Labute approximate surface area is 123 Å². The number of benzene rings is 1. The van der Waals surface area contributed by atoms with Gasteiger partial charge in [0.2, 0.25) is 5.91 Å². The van der Waals surface area contributed by atoms with Gasteiger partial charge in [0.25, 0.3) is 0 Å². The first-order chi connectivity index (χ1) is 8.91. The Balaban J connectivity index is 2.53. The van der Waals surface area contributed by atoms with Crippen molar-refractivity contribution in [1.82, 2.24) is 4.90 Å². The third kappa shape index (κ3) is 5.20. The fourth-order valence-corrected chi connectivity index (χ4v) is 1.98. The SMILES string of the molecule is CC(N)c1ccc(Br)cc1OCCCC(=O)N(C)C. The molecule has 106 valence electrons. The Bertz CT molecular complexity index is 433. The Morgan fingerprint density at radius 3 is 2.74 bits per heavy atom. The highest BCUT2D eigenvalue weighted by Crippen LogP contribution is 2.27. The zero-order valence-corrected chi connectivity index (χ0v) is 13.2. The van der Waals surface area contributed by atoms with E-state index in [4.69, 9.17) is 10.5 Å². The predicted octanol–water partition coefficient (Wildman–Crippen LogP) is 2.72. The molecule has 0 heterocycles. The van der Waals surface area contributed by atoms with Gasteiger partial charge in [-0.2, -0.15) is 0 Å². The maximum atomic E-state index is 11.4. The summed E-state index contributed by atoms with van der Waals surface area (Å²) in [5.74, 6) is 0.895. The summed E-state index contributed by atoms with van der Waals surface area (Å²) >= 11 is 3.42. The zero-order chi connectivity index (χ0) is 14.4. The van der Waals surface area contributed by atoms with E-state index in [2.05, 4.69) is 15.9 Å². The van der Waals surface area contributed by atoms with Crippen molar-refractivity contribution in [2.45, 2.75) is 25.8 Å². The van der Waals surface area contributed by atoms with Crippen molar-refractivity contribution in [3.05, 3.63) is 28.2 Å². The Morgan fingerprint density at radius 2 is 2.16 bits per heavy atom. The van der Waals surface area contributed by atoms with Crippen LogP contribution in [0.25, 0.3) is 0 Å². The summed E-state index contributed by atoms with van der Waals surface area (Å²) in [7, 11) is 3.51. The van der Waals surface area contributed by atoms with Gasteiger partial charge in [0.05, 0.1) is 6.61 Å². The third-order valence-electron chi connectivity index (χ3n) is 2.76. The molecule has 0 aromatic heterocycles. The summed E-state index contributed by atoms with van der Waals surface area (Å²) in [6, 6.07) is 5.73. The molecule has 1 atom stereocenters. The molecule has 19 heavy (non-hydrogen) atoms. The van der Waals surface area contributed by atoms with E-state index in [0.717, 1.165) is 15.8 Å². The number of rotatable bonds is 6. The zero-order valence-electron chi connectivity index (χ0n) is 11.6. The fourth-order valence-electron chi connectivity index (χ4n) is 1.64. The molecule has 0 radical (unpaired) electrons. The molecule has 1 rings (SSSR count). The van der Waals surface area contributed by atoms with Crippen LogP contribution in [0.2, 0.25) is 0 Å². The Morgan fingerprint density at radius 1 is 1.47 bits per heavy atom. The smallest absolute Gasteiger partial charge is 0.222 e. The van der Waals surface area contributed by atoms with Gasteiger partial charge in [-0.15, -0.1) is 0 Å². The molecule has 0 saturated heterocycles. The van der Waals surface area contributed by atoms with Gasteiger partial charge in [-0.05, 0) is 25.5 Å². The van der Waals surface area contributed by atoms with Gasteiger partial charge in [0, 0.05) is 36.6 Å². The summed E-state index contributed by atoms with van der Waals surface area (Å²) in [6.07, 6.45) is 1.19. The minimum Gasteiger partial charge on any atom is -0.493 e. The number of ether oxygens (including phenoxy) is 1. The van der Waals surface area contributed by atoms with E-state index in [-0.39, 0.29) is 11.9 Å². The van der Waals surface area contributed by atoms with E-state index in [0.29, 0.717) is 19.4 Å². The number of halogens is 1. The molecule has 2 N–H and O–H groups in total. The molecule has 0 fully saturated rings. The van der Waals surface area contributed by atoms with Crippen LogP contribution in [-0.4, -0.2) is 31.5 Å². The van der Waals surface area contributed by atoms with E-state index >= 15 is 0 Å². The van der Waals surface area contributed by atoms with Gasteiger partial charge >= 0.3 is 0 Å². The molecule has 0 spiro atoms. The van der Waals surface area contributed by atoms with E-state index in [1.54, 1.807) is 19.0 Å². The van der Waals surface area contributed by atoms with Crippen LogP contribution in [0.15, 0.2) is 22.7 Å². The van der Waals surface area contributed by atoms with Crippen molar-refractivity contribution in [3.63, 3.8) is 0 Å². The second kappa shape index (κ2) is 7.50. The molecule has 0 aliphatic heterocycles. The largest absolute Gasteiger partial charge is 0.493 e. The van der Waals surface area contributed by atoms with Crippen molar-refractivity contribution in [1.29, 1.82) is 0 Å². The van der Waals surface area contributed by atoms with Gasteiger partial charge in [0.1, 0.15) is 5.75 Å². The second-order valence-corrected chi connectivity index (χ2v) is 5.63. The minimum atomic E-state index is -0.0773. The number of carbonyl (C=O) groups excluding carboxylic acids is 1. The van der Waals surface area contributed by atoms with Crippen LogP contribution in [0.4, 0.5) is 0 Å². The van der Waals surface area contributed by atoms with Crippen LogP contribution in [0.3, 0.4) is 0 Å². The second-order valence-electron chi connectivity index (χ2n) is 4.71. The number of amides is 1. The van der Waals surface area contributed by atoms with Gasteiger partial charge < -0.3 is 15.4 Å². The summed E-state index contributed by atoms with van der Waals surface area (Å²) in [5, 5.41) is 0. The molecule has 0 bridgehead atoms. The Hall–Kier alpha value is -1.07. The lowest BCUT2D eigenvalue weighted by molar-refractivity contribution is -0.128. The van der Waals surface area contributed by atoms with Crippen LogP contribution < -0.4 is 10.5 Å². The van der Waals surface area contributed by atoms with E-state index in [9.17, 15) is 4.79 Å². The molecule has 0 aliphatic rings. The normalized spacial score (nSPS) is 12.1. The molecule has 0 saturated carbocycles. The summed E-state index contributed by atoms with van der Waals surface area (Å²) in [6.45, 7) is 2.43. The maximum absolute atomic E-state index is 11.4. The average Bonchev–Trinajstić information content (AvgIpc) is 2.33. The maximum Gasteiger partial charge on any atom is 0.222 e. The van der Waals surface area contributed by atoms with Gasteiger partial charge in [0.15, 0.2) is 0 Å². The lowest BCUT2D eigenvalue weighted by atomic mass is 10.1. The summed E-state index contributed by atoms with van der Waals surface area (Å²) in [4.78, 5) is 13.0. The summed E-state index contributed by atoms with van der Waals surface area (Å²) in [5.41, 5.74) is 6.87. The molecule has 1 amide bonds. The van der Waals surface area contributed by atoms with Crippen LogP contribution in [-0.2, 0) is 4.79 Å². The quantitative estimate of drug-likeness (QED) is 0.817. The average molecular weight is 329 g/mol. The first-order valence-electron chi connectivity index (χ1n) is 6.29. The van der Waals surface area contributed by atoms with Crippen molar-refractivity contribution in [2.24, 2.45) is 5.73 Å². The lowest BCUT2D eigenvalue weighted by Crippen LogP contribution is -2.21. The topological polar surface area (TPSA) is 55.6 Å². The standard InChI is InChI=1S/C14H21BrN2O2/c1-10(16)12-7-6-11(15)9-13(12)19-8-4-5-14(18)17(2)3/h6-7,9-10H,4-5,8,16H2,1-3H3. The lowest BCUT2D eigenvalue weighted by Gasteiger charge is -2.15. The monoisotopic (exact) mass is 328 g/mol. The van der Waals surface area contributed by atoms with E-state index in [1.807, 2.05) is 25.1 Å². The first kappa shape index (κ1) is 16.0. The number of hydrogen-bond donors (Lipinski definition) is 1.